The van der Waals surface area contributed by atoms with E-state index in [-0.39, 0.29) is 38.1 Å². The first-order chi connectivity index (χ1) is 23.8. The van der Waals surface area contributed by atoms with Crippen molar-refractivity contribution in [3.05, 3.63) is 42.5 Å². The van der Waals surface area contributed by atoms with Gasteiger partial charge in [0.2, 0.25) is 29.5 Å². The van der Waals surface area contributed by atoms with Crippen LogP contribution in [0.15, 0.2) is 36.9 Å². The Balaban J connectivity index is 2.38. The van der Waals surface area contributed by atoms with Crippen LogP contribution in [0.5, 0.6) is 0 Å². The summed E-state index contributed by atoms with van der Waals surface area (Å²) >= 11 is 0. The van der Waals surface area contributed by atoms with Crippen molar-refractivity contribution in [1.82, 2.24) is 16.0 Å². The summed E-state index contributed by atoms with van der Waals surface area (Å²) in [6.45, 7) is 13.1. The molecule has 0 heterocycles. The van der Waals surface area contributed by atoms with Gasteiger partial charge in [0, 0.05) is 12.1 Å². The van der Waals surface area contributed by atoms with Gasteiger partial charge in [-0.15, -0.1) is 6.58 Å². The van der Waals surface area contributed by atoms with Gasteiger partial charge in [-0.3, -0.25) is 28.8 Å². The highest BCUT2D eigenvalue weighted by atomic mass is 16.6. The smallest absolute Gasteiger partial charge is 0.308 e. The number of carbonyl (C=O) groups is 6. The fourth-order valence-corrected chi connectivity index (χ4v) is 3.82. The summed E-state index contributed by atoms with van der Waals surface area (Å²) in [5, 5.41) is 10.0. The van der Waals surface area contributed by atoms with E-state index in [1.54, 1.807) is 44.2 Å². The second kappa shape index (κ2) is 25.6. The first-order valence-electron chi connectivity index (χ1n) is 16.5. The summed E-state index contributed by atoms with van der Waals surface area (Å²) < 4.78 is 26.7. The van der Waals surface area contributed by atoms with E-state index in [2.05, 4.69) is 27.8 Å². The molecule has 0 bridgehead atoms. The summed E-state index contributed by atoms with van der Waals surface area (Å²) in [4.78, 5) is 73.9. The Labute approximate surface area is 293 Å². The van der Waals surface area contributed by atoms with Crippen molar-refractivity contribution >= 4 is 41.2 Å². The van der Waals surface area contributed by atoms with E-state index in [0.717, 1.165) is 6.42 Å². The zero-order valence-electron chi connectivity index (χ0n) is 29.5. The highest BCUT2D eigenvalue weighted by Gasteiger charge is 2.27. The third-order valence-corrected chi connectivity index (χ3v) is 6.69. The summed E-state index contributed by atoms with van der Waals surface area (Å²) in [7, 11) is 0. The lowest BCUT2D eigenvalue weighted by Crippen LogP contribution is -2.55. The molecule has 50 heavy (non-hydrogen) atoms. The SMILES string of the molecule is C=CCCOCCOCCOCCOCCC(=O)NC(C)C(=O)NC(C)C(=O)NC(CC(N)=O)C(=O)Nc1ccc(COC(=O)C(C)C)cc1. The van der Waals surface area contributed by atoms with Crippen LogP contribution >= 0.6 is 0 Å². The minimum absolute atomic E-state index is 0.000840. The molecule has 280 valence electrons. The Morgan fingerprint density at radius 1 is 0.720 bits per heavy atom. The van der Waals surface area contributed by atoms with Crippen molar-refractivity contribution in [1.29, 1.82) is 0 Å². The minimum Gasteiger partial charge on any atom is -0.461 e. The molecule has 5 amide bonds. The lowest BCUT2D eigenvalue weighted by molar-refractivity contribution is -0.148. The topological polar surface area (TPSA) is 223 Å². The van der Waals surface area contributed by atoms with Gasteiger partial charge >= 0.3 is 5.97 Å². The molecular formula is C34H53N5O11. The number of amides is 5. The first-order valence-corrected chi connectivity index (χ1v) is 16.5. The second-order valence-corrected chi connectivity index (χ2v) is 11.5. The molecule has 3 unspecified atom stereocenters. The van der Waals surface area contributed by atoms with Gasteiger partial charge in [-0.1, -0.05) is 32.1 Å². The molecule has 0 radical (unpaired) electrons. The summed E-state index contributed by atoms with van der Waals surface area (Å²) in [5.74, 6) is -3.98. The van der Waals surface area contributed by atoms with Gasteiger partial charge in [0.05, 0.1) is 65.2 Å². The van der Waals surface area contributed by atoms with Crippen LogP contribution in [-0.4, -0.2) is 106 Å². The number of esters is 1. The predicted octanol–water partition coefficient (Wildman–Crippen LogP) is 0.727. The molecule has 0 fully saturated rings. The Morgan fingerprint density at radius 2 is 1.24 bits per heavy atom. The third-order valence-electron chi connectivity index (χ3n) is 6.69. The number of carbonyl (C=O) groups excluding carboxylic acids is 6. The molecule has 0 aliphatic rings. The zero-order valence-corrected chi connectivity index (χ0v) is 29.5. The maximum atomic E-state index is 12.9. The van der Waals surface area contributed by atoms with E-state index in [1.807, 2.05) is 0 Å². The largest absolute Gasteiger partial charge is 0.461 e. The summed E-state index contributed by atoms with van der Waals surface area (Å²) in [5.41, 5.74) is 6.35. The number of anilines is 1. The van der Waals surface area contributed by atoms with Gasteiger partial charge in [0.1, 0.15) is 24.7 Å². The van der Waals surface area contributed by atoms with Crippen LogP contribution in [0.1, 0.15) is 52.5 Å². The Morgan fingerprint density at radius 3 is 1.78 bits per heavy atom. The van der Waals surface area contributed by atoms with Gasteiger partial charge < -0.3 is 50.7 Å². The molecular weight excluding hydrogens is 654 g/mol. The first kappa shape index (κ1) is 43.6. The van der Waals surface area contributed by atoms with Crippen molar-refractivity contribution in [3.8, 4) is 0 Å². The zero-order chi connectivity index (χ0) is 37.3. The molecule has 16 heteroatoms. The molecule has 16 nitrogen and oxygen atoms in total. The lowest BCUT2D eigenvalue weighted by atomic mass is 10.1. The van der Waals surface area contributed by atoms with E-state index < -0.39 is 54.1 Å². The van der Waals surface area contributed by atoms with E-state index in [1.165, 1.54) is 13.8 Å². The molecule has 3 atom stereocenters. The predicted molar refractivity (Wildman–Crippen MR) is 183 cm³/mol. The van der Waals surface area contributed by atoms with Crippen LogP contribution in [0.3, 0.4) is 0 Å². The molecule has 6 N–H and O–H groups in total. The fraction of sp³-hybridized carbons (Fsp3) is 0.588. The van der Waals surface area contributed by atoms with Gasteiger partial charge in [0.15, 0.2) is 0 Å². The molecule has 0 aliphatic carbocycles. The maximum Gasteiger partial charge on any atom is 0.308 e. The standard InChI is InChI=1S/C34H53N5O11/c1-6-7-13-46-15-17-48-19-20-49-18-16-47-14-12-30(41)36-24(4)31(42)37-25(5)32(43)39-28(21-29(35)40)33(44)38-27-10-8-26(9-11-27)22-50-34(45)23(2)3/h6,8-11,23-25,28H,1,7,12-22H2,2-5H3,(H2,35,40)(H,36,41)(H,37,42)(H,38,44)(H,39,43). The van der Waals surface area contributed by atoms with Gasteiger partial charge in [-0.25, -0.2) is 0 Å². The van der Waals surface area contributed by atoms with Crippen LogP contribution in [0.4, 0.5) is 5.69 Å². The number of nitrogens with one attached hydrogen (secondary N) is 4. The third kappa shape index (κ3) is 20.2. The highest BCUT2D eigenvalue weighted by molar-refractivity contribution is 6.00. The number of nitrogens with two attached hydrogens (primary N) is 1. The quantitative estimate of drug-likeness (QED) is 0.0487. The van der Waals surface area contributed by atoms with Gasteiger partial charge in [-0.05, 0) is 38.0 Å². The van der Waals surface area contributed by atoms with Crippen molar-refractivity contribution in [3.63, 3.8) is 0 Å². The van der Waals surface area contributed by atoms with Crippen LogP contribution in [0.2, 0.25) is 0 Å². The molecule has 0 spiro atoms. The molecule has 1 rings (SSSR count). The average Bonchev–Trinajstić information content (AvgIpc) is 3.07. The molecule has 0 aliphatic heterocycles. The van der Waals surface area contributed by atoms with E-state index in [9.17, 15) is 28.8 Å². The number of hydrogen-bond donors (Lipinski definition) is 5. The van der Waals surface area contributed by atoms with Crippen LogP contribution in [-0.2, 0) is 59.1 Å². The number of benzene rings is 1. The van der Waals surface area contributed by atoms with Gasteiger partial charge in [-0.2, -0.15) is 0 Å². The van der Waals surface area contributed by atoms with E-state index >= 15 is 0 Å². The number of hydrogen-bond acceptors (Lipinski definition) is 11. The number of primary amides is 1. The van der Waals surface area contributed by atoms with Crippen LogP contribution in [0.25, 0.3) is 0 Å². The Hall–Kier alpha value is -4.38. The summed E-state index contributed by atoms with van der Waals surface area (Å²) in [6, 6.07) is 3.01. The fourth-order valence-electron chi connectivity index (χ4n) is 3.82. The van der Waals surface area contributed by atoms with Crippen molar-refractivity contribution in [2.75, 3.05) is 58.2 Å². The van der Waals surface area contributed by atoms with Crippen molar-refractivity contribution in [2.24, 2.45) is 11.7 Å². The number of rotatable bonds is 27. The normalized spacial score (nSPS) is 12.7. The number of ether oxygens (including phenoxy) is 5. The van der Waals surface area contributed by atoms with Crippen molar-refractivity contribution in [2.45, 2.75) is 71.7 Å². The van der Waals surface area contributed by atoms with E-state index in [0.29, 0.717) is 50.9 Å². The van der Waals surface area contributed by atoms with Crippen molar-refractivity contribution < 1.29 is 52.5 Å². The molecule has 0 aromatic heterocycles. The van der Waals surface area contributed by atoms with Crippen LogP contribution < -0.4 is 27.0 Å². The van der Waals surface area contributed by atoms with Crippen LogP contribution in [0, 0.1) is 5.92 Å². The van der Waals surface area contributed by atoms with Gasteiger partial charge in [0.25, 0.3) is 0 Å². The molecule has 0 saturated heterocycles. The van der Waals surface area contributed by atoms with E-state index in [4.69, 9.17) is 29.4 Å². The minimum atomic E-state index is -1.33. The molecule has 0 saturated carbocycles. The maximum absolute atomic E-state index is 12.9. The molecule has 1 aromatic rings. The lowest BCUT2D eigenvalue weighted by Gasteiger charge is -2.22. The summed E-state index contributed by atoms with van der Waals surface area (Å²) in [6.07, 6.45) is 2.09. The molecule has 1 aromatic carbocycles. The second-order valence-electron chi connectivity index (χ2n) is 11.5. The average molecular weight is 708 g/mol. The Bertz CT molecular complexity index is 1230. The monoisotopic (exact) mass is 707 g/mol. The Kier molecular flexibility index (Phi) is 22.3. The highest BCUT2D eigenvalue weighted by Crippen LogP contribution is 2.12.